The summed E-state index contributed by atoms with van der Waals surface area (Å²) in [5.74, 6) is 0.212. The molecule has 1 saturated carbocycles. The normalized spacial score (nSPS) is 23.6. The number of nitrogens with one attached hydrogen (secondary N) is 1. The van der Waals surface area contributed by atoms with Crippen LogP contribution < -0.4 is 5.32 Å². The Kier molecular flexibility index (Phi) is 2.77. The van der Waals surface area contributed by atoms with Crippen molar-refractivity contribution in [2.24, 2.45) is 5.92 Å². The molecule has 0 atom stereocenters. The summed E-state index contributed by atoms with van der Waals surface area (Å²) in [5.41, 5.74) is 0.141. The first-order valence-electron chi connectivity index (χ1n) is 5.26. The lowest BCUT2D eigenvalue weighted by Gasteiger charge is -2.34. The molecule has 16 heavy (non-hydrogen) atoms. The fourth-order valence-corrected chi connectivity index (χ4v) is 1.98. The van der Waals surface area contributed by atoms with Gasteiger partial charge in [-0.25, -0.2) is 4.39 Å². The van der Waals surface area contributed by atoms with E-state index in [1.807, 2.05) is 0 Å². The molecule has 0 unspecified atom stereocenters. The van der Waals surface area contributed by atoms with Crippen molar-refractivity contribution in [3.05, 3.63) is 34.1 Å². The lowest BCUT2D eigenvalue weighted by Crippen LogP contribution is -2.34. The van der Waals surface area contributed by atoms with Gasteiger partial charge in [0.05, 0.1) is 10.6 Å². The van der Waals surface area contributed by atoms with E-state index in [-0.39, 0.29) is 17.4 Å². The highest BCUT2D eigenvalue weighted by Gasteiger charge is 2.26. The molecule has 86 valence electrons. The predicted octanol–water partition coefficient (Wildman–Crippen LogP) is 2.94. The third-order valence-corrected chi connectivity index (χ3v) is 2.89. The average Bonchev–Trinajstić information content (AvgIpc) is 2.18. The van der Waals surface area contributed by atoms with E-state index in [0.29, 0.717) is 5.92 Å². The molecular weight excluding hydrogens is 211 g/mol. The molecule has 1 aromatic carbocycles. The predicted molar refractivity (Wildman–Crippen MR) is 58.9 cm³/mol. The number of rotatable bonds is 3. The third kappa shape index (κ3) is 2.13. The molecule has 0 saturated heterocycles. The van der Waals surface area contributed by atoms with Gasteiger partial charge >= 0.3 is 0 Å². The summed E-state index contributed by atoms with van der Waals surface area (Å²) < 4.78 is 13.4. The Morgan fingerprint density at radius 2 is 2.19 bits per heavy atom. The molecule has 0 amide bonds. The fraction of sp³-hybridized carbons (Fsp3) is 0.455. The second kappa shape index (κ2) is 4.08. The molecule has 1 aliphatic rings. The van der Waals surface area contributed by atoms with Crippen molar-refractivity contribution in [2.75, 3.05) is 5.32 Å². The number of non-ortho nitro benzene ring substituents is 1. The minimum atomic E-state index is -0.520. The molecule has 1 aromatic rings. The summed E-state index contributed by atoms with van der Waals surface area (Å²) in [5, 5.41) is 13.5. The van der Waals surface area contributed by atoms with Crippen LogP contribution in [-0.2, 0) is 0 Å². The Morgan fingerprint density at radius 1 is 1.50 bits per heavy atom. The van der Waals surface area contributed by atoms with E-state index in [0.717, 1.165) is 18.9 Å². The van der Waals surface area contributed by atoms with E-state index in [4.69, 9.17) is 0 Å². The number of benzene rings is 1. The van der Waals surface area contributed by atoms with Crippen LogP contribution in [0.3, 0.4) is 0 Å². The molecule has 0 spiro atoms. The van der Waals surface area contributed by atoms with E-state index < -0.39 is 10.7 Å². The minimum absolute atomic E-state index is 0.0868. The standard InChI is InChI=1S/C11H13FN2O2/c1-7-4-8(5-7)13-11-6-9(14(15)16)2-3-10(11)12/h2-3,6-8,13H,4-5H2,1H3. The quantitative estimate of drug-likeness (QED) is 0.634. The van der Waals surface area contributed by atoms with Crippen molar-refractivity contribution in [3.63, 3.8) is 0 Å². The molecule has 2 rings (SSSR count). The van der Waals surface area contributed by atoms with Crippen LogP contribution in [0.1, 0.15) is 19.8 Å². The Hall–Kier alpha value is -1.65. The third-order valence-electron chi connectivity index (χ3n) is 2.89. The zero-order valence-corrected chi connectivity index (χ0v) is 8.94. The van der Waals surface area contributed by atoms with Gasteiger partial charge in [-0.15, -0.1) is 0 Å². The Bertz CT molecular complexity index is 416. The van der Waals surface area contributed by atoms with E-state index in [9.17, 15) is 14.5 Å². The summed E-state index contributed by atoms with van der Waals surface area (Å²) in [7, 11) is 0. The smallest absolute Gasteiger partial charge is 0.271 e. The summed E-state index contributed by atoms with van der Waals surface area (Å²) in [4.78, 5) is 10.0. The number of halogens is 1. The van der Waals surface area contributed by atoms with Crippen LogP contribution in [-0.4, -0.2) is 11.0 Å². The highest BCUT2D eigenvalue weighted by atomic mass is 19.1. The van der Waals surface area contributed by atoms with Crippen LogP contribution in [0.5, 0.6) is 0 Å². The van der Waals surface area contributed by atoms with Gasteiger partial charge in [-0.2, -0.15) is 0 Å². The number of nitro benzene ring substituents is 1. The first-order valence-corrected chi connectivity index (χ1v) is 5.26. The average molecular weight is 224 g/mol. The maximum Gasteiger partial charge on any atom is 0.271 e. The lowest BCUT2D eigenvalue weighted by molar-refractivity contribution is -0.384. The zero-order chi connectivity index (χ0) is 11.7. The Balaban J connectivity index is 2.12. The lowest BCUT2D eigenvalue weighted by atomic mass is 9.82. The number of hydrogen-bond acceptors (Lipinski definition) is 3. The maximum absolute atomic E-state index is 13.4. The summed E-state index contributed by atoms with van der Waals surface area (Å²) in [6.07, 6.45) is 1.98. The molecular formula is C11H13FN2O2. The molecule has 0 aromatic heterocycles. The first-order chi connectivity index (χ1) is 7.56. The topological polar surface area (TPSA) is 55.2 Å². The van der Waals surface area contributed by atoms with Gasteiger partial charge in [-0.3, -0.25) is 10.1 Å². The molecule has 0 heterocycles. The molecule has 1 fully saturated rings. The van der Waals surface area contributed by atoms with Gasteiger partial charge in [0.25, 0.3) is 5.69 Å². The highest BCUT2D eigenvalue weighted by Crippen LogP contribution is 2.31. The van der Waals surface area contributed by atoms with Crippen molar-refractivity contribution in [1.29, 1.82) is 0 Å². The Labute approximate surface area is 92.6 Å². The number of nitrogens with zero attached hydrogens (tertiary/aromatic N) is 1. The molecule has 0 aliphatic heterocycles. The van der Waals surface area contributed by atoms with Gasteiger partial charge in [0, 0.05) is 18.2 Å². The summed E-state index contributed by atoms with van der Waals surface area (Å²) in [6.45, 7) is 2.13. The van der Waals surface area contributed by atoms with Crippen LogP contribution in [0.2, 0.25) is 0 Å². The minimum Gasteiger partial charge on any atom is -0.380 e. The van der Waals surface area contributed by atoms with Crippen LogP contribution in [0.25, 0.3) is 0 Å². The van der Waals surface area contributed by atoms with Crippen molar-refractivity contribution >= 4 is 11.4 Å². The van der Waals surface area contributed by atoms with Crippen molar-refractivity contribution in [1.82, 2.24) is 0 Å². The monoisotopic (exact) mass is 224 g/mol. The van der Waals surface area contributed by atoms with Crippen LogP contribution in [0.4, 0.5) is 15.8 Å². The molecule has 1 aliphatic carbocycles. The first kappa shape index (κ1) is 10.9. The van der Waals surface area contributed by atoms with E-state index in [1.165, 1.54) is 12.1 Å². The van der Waals surface area contributed by atoms with Gasteiger partial charge in [0.15, 0.2) is 0 Å². The largest absolute Gasteiger partial charge is 0.380 e. The number of anilines is 1. The second-order valence-electron chi connectivity index (χ2n) is 4.34. The zero-order valence-electron chi connectivity index (χ0n) is 8.94. The van der Waals surface area contributed by atoms with Crippen molar-refractivity contribution in [2.45, 2.75) is 25.8 Å². The van der Waals surface area contributed by atoms with Crippen molar-refractivity contribution < 1.29 is 9.31 Å². The SMILES string of the molecule is CC1CC(Nc2cc([N+](=O)[O-])ccc2F)C1. The van der Waals surface area contributed by atoms with E-state index >= 15 is 0 Å². The van der Waals surface area contributed by atoms with Gasteiger partial charge in [-0.1, -0.05) is 6.92 Å². The van der Waals surface area contributed by atoms with E-state index in [1.54, 1.807) is 0 Å². The van der Waals surface area contributed by atoms with Gasteiger partial charge < -0.3 is 5.32 Å². The van der Waals surface area contributed by atoms with Crippen LogP contribution in [0.15, 0.2) is 18.2 Å². The molecule has 5 heteroatoms. The van der Waals surface area contributed by atoms with Crippen LogP contribution in [0, 0.1) is 21.8 Å². The van der Waals surface area contributed by atoms with Gasteiger partial charge in [-0.05, 0) is 24.8 Å². The summed E-state index contributed by atoms with van der Waals surface area (Å²) in [6, 6.07) is 3.79. The molecule has 0 radical (unpaired) electrons. The molecule has 1 N–H and O–H groups in total. The van der Waals surface area contributed by atoms with Crippen molar-refractivity contribution in [3.8, 4) is 0 Å². The van der Waals surface area contributed by atoms with Gasteiger partial charge in [0.2, 0.25) is 0 Å². The molecule has 4 nitrogen and oxygen atoms in total. The van der Waals surface area contributed by atoms with E-state index in [2.05, 4.69) is 12.2 Å². The fourth-order valence-electron chi connectivity index (χ4n) is 1.98. The second-order valence-corrected chi connectivity index (χ2v) is 4.34. The summed E-state index contributed by atoms with van der Waals surface area (Å²) >= 11 is 0. The maximum atomic E-state index is 13.4. The highest BCUT2D eigenvalue weighted by molar-refractivity contribution is 5.53. The van der Waals surface area contributed by atoms with Crippen LogP contribution >= 0.6 is 0 Å². The van der Waals surface area contributed by atoms with Gasteiger partial charge in [0.1, 0.15) is 5.82 Å². The Morgan fingerprint density at radius 3 is 2.75 bits per heavy atom. The number of hydrogen-bond donors (Lipinski definition) is 1. The molecule has 0 bridgehead atoms. The number of nitro groups is 1.